The van der Waals surface area contributed by atoms with E-state index in [9.17, 15) is 9.90 Å². The third kappa shape index (κ3) is 33.5. The van der Waals surface area contributed by atoms with E-state index in [2.05, 4.69) is 13.8 Å². The molecule has 0 aromatic heterocycles. The summed E-state index contributed by atoms with van der Waals surface area (Å²) in [5.41, 5.74) is 0. The van der Waals surface area contributed by atoms with Gasteiger partial charge in [-0.2, -0.15) is 0 Å². The zero-order chi connectivity index (χ0) is 28.5. The molecule has 0 saturated carbocycles. The molecule has 0 heterocycles. The Bertz CT molecular complexity index is 464. The van der Waals surface area contributed by atoms with Crippen molar-refractivity contribution >= 4 is 5.97 Å². The highest BCUT2D eigenvalue weighted by atomic mass is 16.5. The maximum atomic E-state index is 11.9. The van der Waals surface area contributed by atoms with Crippen molar-refractivity contribution in [3.8, 4) is 0 Å². The molecule has 0 saturated heterocycles. The second-order valence-electron chi connectivity index (χ2n) is 12.4. The molecule has 0 aromatic carbocycles. The number of carbonyl (C=O) groups is 1. The van der Waals surface area contributed by atoms with E-state index in [1.54, 1.807) is 0 Å². The van der Waals surface area contributed by atoms with Gasteiger partial charge in [-0.05, 0) is 25.7 Å². The second kappa shape index (κ2) is 33.6. The fourth-order valence-electron chi connectivity index (χ4n) is 5.57. The zero-order valence-corrected chi connectivity index (χ0v) is 27.0. The van der Waals surface area contributed by atoms with Crippen LogP contribution in [0.2, 0.25) is 0 Å². The van der Waals surface area contributed by atoms with E-state index in [4.69, 9.17) is 4.74 Å². The third-order valence-electron chi connectivity index (χ3n) is 8.32. The molecular weight excluding hydrogens is 480 g/mol. The van der Waals surface area contributed by atoms with Crippen molar-refractivity contribution in [2.24, 2.45) is 0 Å². The van der Waals surface area contributed by atoms with E-state index in [-0.39, 0.29) is 12.1 Å². The normalized spacial score (nSPS) is 12.2. The fourth-order valence-corrected chi connectivity index (χ4v) is 5.57. The SMILES string of the molecule is CCCCCCCCCCCCCCCCCCOC(=O)CCCCCCCCCCC(O)CCCCCC. The van der Waals surface area contributed by atoms with Crippen LogP contribution >= 0.6 is 0 Å². The van der Waals surface area contributed by atoms with Crippen LogP contribution < -0.4 is 0 Å². The Morgan fingerprint density at radius 1 is 0.462 bits per heavy atom. The van der Waals surface area contributed by atoms with Gasteiger partial charge in [0.05, 0.1) is 12.7 Å². The van der Waals surface area contributed by atoms with E-state index in [1.165, 1.54) is 161 Å². The van der Waals surface area contributed by atoms with Gasteiger partial charge < -0.3 is 9.84 Å². The van der Waals surface area contributed by atoms with Crippen LogP contribution in [0.5, 0.6) is 0 Å². The van der Waals surface area contributed by atoms with Crippen molar-refractivity contribution in [1.82, 2.24) is 0 Å². The highest BCUT2D eigenvalue weighted by Crippen LogP contribution is 2.16. The molecule has 0 radical (unpaired) electrons. The number of hydrogen-bond donors (Lipinski definition) is 1. The first kappa shape index (κ1) is 38.4. The molecule has 0 aromatic rings. The number of hydrogen-bond acceptors (Lipinski definition) is 3. The molecule has 1 N–H and O–H groups in total. The Morgan fingerprint density at radius 3 is 1.18 bits per heavy atom. The van der Waals surface area contributed by atoms with Crippen molar-refractivity contribution in [2.75, 3.05) is 6.61 Å². The third-order valence-corrected chi connectivity index (χ3v) is 8.32. The van der Waals surface area contributed by atoms with Gasteiger partial charge in [0.15, 0.2) is 0 Å². The summed E-state index contributed by atoms with van der Waals surface area (Å²) in [4.78, 5) is 11.9. The molecular formula is C36H72O3. The molecule has 3 nitrogen and oxygen atoms in total. The van der Waals surface area contributed by atoms with Crippen molar-refractivity contribution in [3.63, 3.8) is 0 Å². The molecule has 39 heavy (non-hydrogen) atoms. The number of ether oxygens (including phenoxy) is 1. The van der Waals surface area contributed by atoms with Crippen molar-refractivity contribution < 1.29 is 14.6 Å². The lowest BCUT2D eigenvalue weighted by Crippen LogP contribution is -2.06. The molecule has 3 heteroatoms. The molecule has 234 valence electrons. The number of carbonyl (C=O) groups excluding carboxylic acids is 1. The summed E-state index contributed by atoms with van der Waals surface area (Å²) in [6.07, 6.45) is 39.0. The first-order chi connectivity index (χ1) is 19.2. The minimum Gasteiger partial charge on any atom is -0.466 e. The van der Waals surface area contributed by atoms with E-state index < -0.39 is 0 Å². The highest BCUT2D eigenvalue weighted by Gasteiger charge is 2.04. The minimum absolute atomic E-state index is 0.00390. The first-order valence-corrected chi connectivity index (χ1v) is 18.0. The smallest absolute Gasteiger partial charge is 0.305 e. The number of unbranched alkanes of at least 4 members (excludes halogenated alkanes) is 25. The lowest BCUT2D eigenvalue weighted by Gasteiger charge is -2.10. The van der Waals surface area contributed by atoms with Gasteiger partial charge in [-0.1, -0.05) is 181 Å². The second-order valence-corrected chi connectivity index (χ2v) is 12.4. The topological polar surface area (TPSA) is 46.5 Å². The maximum absolute atomic E-state index is 11.9. The molecule has 0 amide bonds. The Hall–Kier alpha value is -0.570. The average molecular weight is 553 g/mol. The Kier molecular flexibility index (Phi) is 33.1. The molecule has 0 bridgehead atoms. The van der Waals surface area contributed by atoms with Crippen LogP contribution in [0.1, 0.15) is 213 Å². The van der Waals surface area contributed by atoms with Crippen LogP contribution in [0, 0.1) is 0 Å². The number of esters is 1. The molecule has 1 unspecified atom stereocenters. The molecule has 0 aliphatic rings. The van der Waals surface area contributed by atoms with Gasteiger partial charge in [0.1, 0.15) is 0 Å². The predicted octanol–water partition coefficient (Wildman–Crippen LogP) is 12.0. The van der Waals surface area contributed by atoms with Crippen molar-refractivity contribution in [2.45, 2.75) is 219 Å². The summed E-state index contributed by atoms with van der Waals surface area (Å²) < 4.78 is 5.43. The van der Waals surface area contributed by atoms with Gasteiger partial charge in [-0.25, -0.2) is 0 Å². The van der Waals surface area contributed by atoms with Crippen LogP contribution in [-0.2, 0) is 9.53 Å². The van der Waals surface area contributed by atoms with Gasteiger partial charge in [0.25, 0.3) is 0 Å². The minimum atomic E-state index is -0.0781. The molecule has 0 spiro atoms. The fraction of sp³-hybridized carbons (Fsp3) is 0.972. The van der Waals surface area contributed by atoms with Crippen LogP contribution in [0.4, 0.5) is 0 Å². The quantitative estimate of drug-likeness (QED) is 0.0650. The summed E-state index contributed by atoms with van der Waals surface area (Å²) in [6.45, 7) is 5.13. The lowest BCUT2D eigenvalue weighted by molar-refractivity contribution is -0.143. The van der Waals surface area contributed by atoms with E-state index in [1.807, 2.05) is 0 Å². The van der Waals surface area contributed by atoms with E-state index in [0.717, 1.165) is 32.1 Å². The molecule has 1 atom stereocenters. The lowest BCUT2D eigenvalue weighted by atomic mass is 10.0. The molecule has 0 aliphatic carbocycles. The zero-order valence-electron chi connectivity index (χ0n) is 27.0. The van der Waals surface area contributed by atoms with Crippen LogP contribution in [0.15, 0.2) is 0 Å². The van der Waals surface area contributed by atoms with E-state index in [0.29, 0.717) is 13.0 Å². The highest BCUT2D eigenvalue weighted by molar-refractivity contribution is 5.69. The van der Waals surface area contributed by atoms with Gasteiger partial charge in [0.2, 0.25) is 0 Å². The largest absolute Gasteiger partial charge is 0.466 e. The molecule has 0 fully saturated rings. The summed E-state index contributed by atoms with van der Waals surface area (Å²) in [5.74, 6) is 0.00390. The summed E-state index contributed by atoms with van der Waals surface area (Å²) in [7, 11) is 0. The van der Waals surface area contributed by atoms with Gasteiger partial charge in [-0.15, -0.1) is 0 Å². The Labute approximate surface area is 246 Å². The number of aliphatic hydroxyl groups is 1. The number of aliphatic hydroxyl groups excluding tert-OH is 1. The average Bonchev–Trinajstić information content (AvgIpc) is 2.93. The summed E-state index contributed by atoms with van der Waals surface area (Å²) >= 11 is 0. The Morgan fingerprint density at radius 2 is 0.769 bits per heavy atom. The van der Waals surface area contributed by atoms with Gasteiger partial charge in [-0.3, -0.25) is 4.79 Å². The predicted molar refractivity (Wildman–Crippen MR) is 171 cm³/mol. The van der Waals surface area contributed by atoms with Crippen molar-refractivity contribution in [3.05, 3.63) is 0 Å². The molecule has 0 aliphatic heterocycles. The Balaban J connectivity index is 3.20. The van der Waals surface area contributed by atoms with Crippen LogP contribution in [0.3, 0.4) is 0 Å². The summed E-state index contributed by atoms with van der Waals surface area (Å²) in [5, 5.41) is 10.0. The summed E-state index contributed by atoms with van der Waals surface area (Å²) in [6, 6.07) is 0. The van der Waals surface area contributed by atoms with Gasteiger partial charge >= 0.3 is 5.97 Å². The van der Waals surface area contributed by atoms with Crippen LogP contribution in [0.25, 0.3) is 0 Å². The standard InChI is InChI=1S/C36H72O3/c1-3-5-7-9-10-11-12-13-14-15-16-17-20-23-26-30-34-39-36(38)33-29-25-22-19-18-21-24-28-32-35(37)31-27-8-6-4-2/h35,37H,3-34H2,1-2H3. The maximum Gasteiger partial charge on any atom is 0.305 e. The van der Waals surface area contributed by atoms with Gasteiger partial charge in [0, 0.05) is 6.42 Å². The monoisotopic (exact) mass is 553 g/mol. The first-order valence-electron chi connectivity index (χ1n) is 18.0. The van der Waals surface area contributed by atoms with Crippen LogP contribution in [-0.4, -0.2) is 23.8 Å². The van der Waals surface area contributed by atoms with Crippen molar-refractivity contribution in [1.29, 1.82) is 0 Å². The molecule has 0 rings (SSSR count). The number of rotatable bonds is 33. The van der Waals surface area contributed by atoms with E-state index >= 15 is 0 Å².